The molecule has 1 heterocycles. The zero-order valence-electron chi connectivity index (χ0n) is 13.9. The molecule has 0 fully saturated rings. The molecule has 0 unspecified atom stereocenters. The highest BCUT2D eigenvalue weighted by Gasteiger charge is 2.19. The quantitative estimate of drug-likeness (QED) is 0.698. The summed E-state index contributed by atoms with van der Waals surface area (Å²) >= 11 is 5.15. The minimum atomic E-state index is -3.75. The van der Waals surface area contributed by atoms with Crippen LogP contribution in [0.2, 0.25) is 0 Å². The van der Waals surface area contributed by atoms with Gasteiger partial charge in [-0.05, 0) is 64.2 Å². The molecule has 24 heavy (non-hydrogen) atoms. The van der Waals surface area contributed by atoms with Crippen molar-refractivity contribution in [3.8, 4) is 0 Å². The molecule has 0 bridgehead atoms. The van der Waals surface area contributed by atoms with Crippen molar-refractivity contribution < 1.29 is 12.9 Å². The van der Waals surface area contributed by atoms with E-state index in [9.17, 15) is 8.42 Å². The van der Waals surface area contributed by atoms with Gasteiger partial charge < -0.3 is 15.2 Å². The summed E-state index contributed by atoms with van der Waals surface area (Å²) in [6.45, 7) is 7.43. The van der Waals surface area contributed by atoms with E-state index in [-0.39, 0.29) is 16.8 Å². The second-order valence-corrected chi connectivity index (χ2v) is 7.70. The van der Waals surface area contributed by atoms with E-state index in [0.717, 1.165) is 0 Å². The van der Waals surface area contributed by atoms with Gasteiger partial charge in [-0.15, -0.1) is 0 Å². The molecule has 0 saturated carbocycles. The Morgan fingerprint density at radius 1 is 1.21 bits per heavy atom. The number of aryl methyl sites for hydroxylation is 1. The maximum atomic E-state index is 12.4. The van der Waals surface area contributed by atoms with Crippen molar-refractivity contribution in [1.82, 2.24) is 10.5 Å². The lowest BCUT2D eigenvalue weighted by Crippen LogP contribution is -2.33. The van der Waals surface area contributed by atoms with Crippen LogP contribution in [0.25, 0.3) is 0 Å². The molecule has 0 atom stereocenters. The van der Waals surface area contributed by atoms with Crippen molar-refractivity contribution >= 4 is 38.9 Å². The van der Waals surface area contributed by atoms with Crippen LogP contribution in [0.4, 0.5) is 11.6 Å². The SMILES string of the molecule is Cc1noc(NS(=O)(=O)c2ccc(NC(=S)NC(C)C)cc2)c1C. The molecule has 3 N–H and O–H groups in total. The Bertz CT molecular complexity index is 827. The highest BCUT2D eigenvalue weighted by atomic mass is 32.2. The number of anilines is 2. The van der Waals surface area contributed by atoms with Gasteiger partial charge in [0.1, 0.15) is 0 Å². The number of benzene rings is 1. The van der Waals surface area contributed by atoms with Crippen LogP contribution in [0.3, 0.4) is 0 Å². The highest BCUT2D eigenvalue weighted by Crippen LogP contribution is 2.22. The molecule has 0 radical (unpaired) electrons. The summed E-state index contributed by atoms with van der Waals surface area (Å²) in [4.78, 5) is 0.115. The van der Waals surface area contributed by atoms with Gasteiger partial charge in [0, 0.05) is 17.3 Å². The molecule has 0 aliphatic heterocycles. The van der Waals surface area contributed by atoms with Gasteiger partial charge >= 0.3 is 0 Å². The van der Waals surface area contributed by atoms with Crippen molar-refractivity contribution in [2.45, 2.75) is 38.6 Å². The molecule has 0 aliphatic carbocycles. The van der Waals surface area contributed by atoms with Gasteiger partial charge in [0.2, 0.25) is 5.88 Å². The molecule has 0 saturated heterocycles. The van der Waals surface area contributed by atoms with Crippen LogP contribution in [0.5, 0.6) is 0 Å². The molecular weight excluding hydrogens is 348 g/mol. The second-order valence-electron chi connectivity index (χ2n) is 5.61. The molecule has 2 rings (SSSR count). The number of rotatable bonds is 5. The Morgan fingerprint density at radius 3 is 2.33 bits per heavy atom. The van der Waals surface area contributed by atoms with E-state index in [1.165, 1.54) is 12.1 Å². The average Bonchev–Trinajstić information content (AvgIpc) is 2.78. The maximum Gasteiger partial charge on any atom is 0.264 e. The molecule has 1 aromatic carbocycles. The minimum absolute atomic E-state index is 0.115. The predicted molar refractivity (Wildman–Crippen MR) is 97.7 cm³/mol. The van der Waals surface area contributed by atoms with Gasteiger partial charge in [-0.2, -0.15) is 0 Å². The molecule has 1 aromatic heterocycles. The topological polar surface area (TPSA) is 96.3 Å². The van der Waals surface area contributed by atoms with Crippen LogP contribution in [-0.4, -0.2) is 24.7 Å². The Morgan fingerprint density at radius 2 is 1.83 bits per heavy atom. The average molecular weight is 368 g/mol. The maximum absolute atomic E-state index is 12.4. The summed E-state index contributed by atoms with van der Waals surface area (Å²) in [5, 5.41) is 10.2. The smallest absolute Gasteiger partial charge is 0.264 e. The van der Waals surface area contributed by atoms with E-state index < -0.39 is 10.0 Å². The van der Waals surface area contributed by atoms with Crippen LogP contribution < -0.4 is 15.4 Å². The fourth-order valence-electron chi connectivity index (χ4n) is 1.84. The zero-order valence-corrected chi connectivity index (χ0v) is 15.5. The first-order valence-corrected chi connectivity index (χ1v) is 9.21. The van der Waals surface area contributed by atoms with Gasteiger partial charge in [0.05, 0.1) is 10.6 Å². The molecule has 130 valence electrons. The molecule has 0 aliphatic rings. The third-order valence-electron chi connectivity index (χ3n) is 3.23. The van der Waals surface area contributed by atoms with E-state index in [4.69, 9.17) is 16.7 Å². The van der Waals surface area contributed by atoms with Gasteiger partial charge in [-0.3, -0.25) is 0 Å². The summed E-state index contributed by atoms with van der Waals surface area (Å²) in [5.41, 5.74) is 1.99. The number of aromatic nitrogens is 1. The van der Waals surface area contributed by atoms with E-state index in [1.54, 1.807) is 26.0 Å². The minimum Gasteiger partial charge on any atom is -0.360 e. The number of nitrogens with zero attached hydrogens (tertiary/aromatic N) is 1. The van der Waals surface area contributed by atoms with E-state index in [0.29, 0.717) is 22.1 Å². The fraction of sp³-hybridized carbons (Fsp3) is 0.333. The normalized spacial score (nSPS) is 11.4. The molecule has 7 nitrogen and oxygen atoms in total. The number of hydrogen-bond donors (Lipinski definition) is 3. The monoisotopic (exact) mass is 368 g/mol. The van der Waals surface area contributed by atoms with E-state index in [2.05, 4.69) is 20.5 Å². The Kier molecular flexibility index (Phi) is 5.45. The van der Waals surface area contributed by atoms with Crippen molar-refractivity contribution in [2.24, 2.45) is 0 Å². The fourth-order valence-corrected chi connectivity index (χ4v) is 3.24. The van der Waals surface area contributed by atoms with E-state index >= 15 is 0 Å². The Hall–Kier alpha value is -2.13. The molecule has 9 heteroatoms. The largest absolute Gasteiger partial charge is 0.360 e. The first-order chi connectivity index (χ1) is 11.2. The van der Waals surface area contributed by atoms with Crippen LogP contribution >= 0.6 is 12.2 Å². The third kappa shape index (κ3) is 4.45. The zero-order chi connectivity index (χ0) is 17.9. The van der Waals surface area contributed by atoms with Crippen LogP contribution in [0.1, 0.15) is 25.1 Å². The van der Waals surface area contributed by atoms with Gasteiger partial charge in [0.15, 0.2) is 5.11 Å². The number of thiocarbonyl (C=S) groups is 1. The van der Waals surface area contributed by atoms with Crippen molar-refractivity contribution in [1.29, 1.82) is 0 Å². The second kappa shape index (κ2) is 7.18. The molecule has 0 spiro atoms. The van der Waals surface area contributed by atoms with Crippen LogP contribution in [0, 0.1) is 13.8 Å². The number of nitrogens with one attached hydrogen (secondary N) is 3. The predicted octanol–water partition coefficient (Wildman–Crippen LogP) is 2.79. The summed E-state index contributed by atoms with van der Waals surface area (Å²) in [6.07, 6.45) is 0. The lowest BCUT2D eigenvalue weighted by atomic mass is 10.3. The number of hydrogen-bond acceptors (Lipinski definition) is 5. The summed E-state index contributed by atoms with van der Waals surface area (Å²) in [7, 11) is -3.75. The van der Waals surface area contributed by atoms with Crippen molar-refractivity contribution in [3.05, 3.63) is 35.5 Å². The molecule has 2 aromatic rings. The lowest BCUT2D eigenvalue weighted by Gasteiger charge is -2.13. The molecular formula is C15H20N4O3S2. The summed E-state index contributed by atoms with van der Waals surface area (Å²) < 4.78 is 32.2. The van der Waals surface area contributed by atoms with Gasteiger partial charge in [0.25, 0.3) is 10.0 Å². The summed E-state index contributed by atoms with van der Waals surface area (Å²) in [6, 6.07) is 6.47. The standard InChI is InChI=1S/C15H20N4O3S2/c1-9(2)16-15(23)17-12-5-7-13(8-6-12)24(20,21)19-14-10(3)11(4)18-22-14/h5-9,19H,1-4H3,(H2,16,17,23). The Balaban J connectivity index is 2.11. The summed E-state index contributed by atoms with van der Waals surface area (Å²) in [5.74, 6) is 0.122. The number of sulfonamides is 1. The van der Waals surface area contributed by atoms with Gasteiger partial charge in [-0.25, -0.2) is 13.1 Å². The third-order valence-corrected chi connectivity index (χ3v) is 4.79. The highest BCUT2D eigenvalue weighted by molar-refractivity contribution is 7.92. The van der Waals surface area contributed by atoms with Crippen LogP contribution in [-0.2, 0) is 10.0 Å². The first-order valence-electron chi connectivity index (χ1n) is 7.32. The molecule has 0 amide bonds. The van der Waals surface area contributed by atoms with Crippen LogP contribution in [0.15, 0.2) is 33.7 Å². The first kappa shape index (κ1) is 18.2. The Labute approximate surface area is 146 Å². The van der Waals surface area contributed by atoms with Crippen molar-refractivity contribution in [2.75, 3.05) is 10.0 Å². The van der Waals surface area contributed by atoms with E-state index in [1.807, 2.05) is 13.8 Å². The van der Waals surface area contributed by atoms with Gasteiger partial charge in [-0.1, -0.05) is 5.16 Å². The lowest BCUT2D eigenvalue weighted by molar-refractivity contribution is 0.430. The van der Waals surface area contributed by atoms with Crippen molar-refractivity contribution in [3.63, 3.8) is 0 Å².